The van der Waals surface area contributed by atoms with E-state index in [1.54, 1.807) is 26.0 Å². The Labute approximate surface area is 138 Å². The molecule has 2 N–H and O–H groups in total. The van der Waals surface area contributed by atoms with Crippen LogP contribution in [-0.2, 0) is 4.74 Å². The van der Waals surface area contributed by atoms with Crippen molar-refractivity contribution in [1.29, 1.82) is 0 Å². The molecule has 0 amide bonds. The van der Waals surface area contributed by atoms with E-state index in [9.17, 15) is 4.79 Å². The fourth-order valence-electron chi connectivity index (χ4n) is 1.93. The third kappa shape index (κ3) is 4.01. The smallest absolute Gasteiger partial charge is 0.340 e. The summed E-state index contributed by atoms with van der Waals surface area (Å²) in [4.78, 5) is 12.1. The van der Waals surface area contributed by atoms with Gasteiger partial charge >= 0.3 is 5.97 Å². The maximum absolute atomic E-state index is 12.1. The summed E-state index contributed by atoms with van der Waals surface area (Å²) >= 11 is 3.40. The van der Waals surface area contributed by atoms with Gasteiger partial charge in [-0.25, -0.2) is 4.79 Å². The number of carbonyl (C=O) groups is 1. The second-order valence-electron chi connectivity index (χ2n) is 5.22. The van der Waals surface area contributed by atoms with E-state index < -0.39 is 5.97 Å². The van der Waals surface area contributed by atoms with Crippen molar-refractivity contribution in [3.63, 3.8) is 0 Å². The van der Waals surface area contributed by atoms with Crippen LogP contribution in [0.2, 0.25) is 0 Å². The molecular formula is C17H18BrNO3. The van der Waals surface area contributed by atoms with Gasteiger partial charge in [0, 0.05) is 10.2 Å². The van der Waals surface area contributed by atoms with Gasteiger partial charge in [0.1, 0.15) is 11.5 Å². The Morgan fingerprint density at radius 1 is 1.23 bits per heavy atom. The van der Waals surface area contributed by atoms with Crippen LogP contribution < -0.4 is 10.5 Å². The lowest BCUT2D eigenvalue weighted by Crippen LogP contribution is -2.13. The molecule has 0 radical (unpaired) electrons. The number of halogens is 1. The minimum absolute atomic E-state index is 0.206. The first-order chi connectivity index (χ1) is 10.4. The summed E-state index contributed by atoms with van der Waals surface area (Å²) in [6.45, 7) is 5.46. The quantitative estimate of drug-likeness (QED) is 0.631. The Kier molecular flexibility index (Phi) is 5.08. The van der Waals surface area contributed by atoms with E-state index >= 15 is 0 Å². The number of ether oxygens (including phenoxy) is 2. The molecule has 2 rings (SSSR count). The van der Waals surface area contributed by atoms with Crippen molar-refractivity contribution in [2.45, 2.75) is 26.9 Å². The van der Waals surface area contributed by atoms with Crippen molar-refractivity contribution in [2.24, 2.45) is 0 Å². The van der Waals surface area contributed by atoms with Crippen molar-refractivity contribution in [2.75, 3.05) is 5.73 Å². The number of hydrogen-bond acceptors (Lipinski definition) is 4. The van der Waals surface area contributed by atoms with E-state index in [-0.39, 0.29) is 6.10 Å². The first kappa shape index (κ1) is 16.4. The average Bonchev–Trinajstić information content (AvgIpc) is 2.41. The molecule has 0 heterocycles. The molecule has 116 valence electrons. The molecule has 0 aliphatic rings. The number of anilines is 1. The first-order valence-electron chi connectivity index (χ1n) is 6.91. The lowest BCUT2D eigenvalue weighted by atomic mass is 10.1. The lowest BCUT2D eigenvalue weighted by molar-refractivity contribution is 0.0379. The molecule has 0 unspecified atom stereocenters. The monoisotopic (exact) mass is 363 g/mol. The van der Waals surface area contributed by atoms with Crippen LogP contribution in [0.15, 0.2) is 40.9 Å². The van der Waals surface area contributed by atoms with Crippen LogP contribution in [0.5, 0.6) is 11.5 Å². The molecule has 0 spiro atoms. The largest absolute Gasteiger partial charge is 0.459 e. The molecule has 0 aliphatic carbocycles. The fraction of sp³-hybridized carbons (Fsp3) is 0.235. The maximum Gasteiger partial charge on any atom is 0.340 e. The fourth-order valence-corrected chi connectivity index (χ4v) is 2.31. The van der Waals surface area contributed by atoms with Crippen molar-refractivity contribution in [3.8, 4) is 11.5 Å². The number of rotatable bonds is 4. The second-order valence-corrected chi connectivity index (χ2v) is 6.13. The molecule has 2 aromatic carbocycles. The van der Waals surface area contributed by atoms with Crippen molar-refractivity contribution in [1.82, 2.24) is 0 Å². The van der Waals surface area contributed by atoms with E-state index in [4.69, 9.17) is 15.2 Å². The number of nitrogen functional groups attached to an aromatic ring is 1. The van der Waals surface area contributed by atoms with Crippen LogP contribution in [0.1, 0.15) is 29.8 Å². The topological polar surface area (TPSA) is 61.6 Å². The zero-order valence-corrected chi connectivity index (χ0v) is 14.3. The molecule has 0 atom stereocenters. The number of aryl methyl sites for hydroxylation is 1. The van der Waals surface area contributed by atoms with E-state index in [1.807, 2.05) is 31.2 Å². The van der Waals surface area contributed by atoms with Gasteiger partial charge in [0.05, 0.1) is 11.7 Å². The van der Waals surface area contributed by atoms with Crippen LogP contribution in [0, 0.1) is 6.92 Å². The van der Waals surface area contributed by atoms with Gasteiger partial charge in [-0.2, -0.15) is 0 Å². The molecule has 0 bridgehead atoms. The SMILES string of the molecule is Cc1cc(N)c(C(=O)OC(C)C)cc1Oc1cccc(Br)c1. The third-order valence-corrected chi connectivity index (χ3v) is 3.43. The van der Waals surface area contributed by atoms with Gasteiger partial charge in [0.25, 0.3) is 0 Å². The van der Waals surface area contributed by atoms with Gasteiger partial charge in [-0.1, -0.05) is 22.0 Å². The van der Waals surface area contributed by atoms with Crippen LogP contribution >= 0.6 is 15.9 Å². The summed E-state index contributed by atoms with van der Waals surface area (Å²) in [6.07, 6.45) is -0.206. The van der Waals surface area contributed by atoms with Gasteiger partial charge in [-0.3, -0.25) is 0 Å². The van der Waals surface area contributed by atoms with Gasteiger partial charge in [-0.05, 0) is 56.7 Å². The molecule has 0 aliphatic heterocycles. The Balaban J connectivity index is 2.34. The Bertz CT molecular complexity index is 698. The summed E-state index contributed by atoms with van der Waals surface area (Å²) in [5.74, 6) is 0.792. The predicted octanol–water partition coefficient (Wildman–Crippen LogP) is 4.70. The second kappa shape index (κ2) is 6.83. The van der Waals surface area contributed by atoms with Crippen LogP contribution in [-0.4, -0.2) is 12.1 Å². The zero-order chi connectivity index (χ0) is 16.3. The van der Waals surface area contributed by atoms with Gasteiger partial charge < -0.3 is 15.2 Å². The maximum atomic E-state index is 12.1. The Morgan fingerprint density at radius 3 is 2.59 bits per heavy atom. The lowest BCUT2D eigenvalue weighted by Gasteiger charge is -2.14. The summed E-state index contributed by atoms with van der Waals surface area (Å²) in [5, 5.41) is 0. The molecule has 22 heavy (non-hydrogen) atoms. The van der Waals surface area contributed by atoms with Gasteiger partial charge in [0.2, 0.25) is 0 Å². The highest BCUT2D eigenvalue weighted by Crippen LogP contribution is 2.31. The molecule has 0 saturated heterocycles. The van der Waals surface area contributed by atoms with Crippen LogP contribution in [0.25, 0.3) is 0 Å². The summed E-state index contributed by atoms with van der Waals surface area (Å²) in [6, 6.07) is 10.8. The van der Waals surface area contributed by atoms with Gasteiger partial charge in [-0.15, -0.1) is 0 Å². The Morgan fingerprint density at radius 2 is 1.95 bits per heavy atom. The average molecular weight is 364 g/mol. The van der Waals surface area contributed by atoms with E-state index in [2.05, 4.69) is 15.9 Å². The standard InChI is InChI=1S/C17H18BrNO3/c1-10(2)21-17(20)14-9-16(11(3)7-15(14)19)22-13-6-4-5-12(18)8-13/h4-10H,19H2,1-3H3. The van der Waals surface area contributed by atoms with Crippen LogP contribution in [0.4, 0.5) is 5.69 Å². The van der Waals surface area contributed by atoms with Crippen molar-refractivity contribution >= 4 is 27.6 Å². The van der Waals surface area contributed by atoms with E-state index in [0.717, 1.165) is 10.0 Å². The zero-order valence-electron chi connectivity index (χ0n) is 12.7. The summed E-state index contributed by atoms with van der Waals surface area (Å²) in [7, 11) is 0. The number of benzene rings is 2. The van der Waals surface area contributed by atoms with Crippen LogP contribution in [0.3, 0.4) is 0 Å². The summed E-state index contributed by atoms with van der Waals surface area (Å²) < 4.78 is 12.0. The molecular weight excluding hydrogens is 346 g/mol. The highest BCUT2D eigenvalue weighted by atomic mass is 79.9. The predicted molar refractivity (Wildman–Crippen MR) is 90.4 cm³/mol. The normalized spacial score (nSPS) is 10.6. The minimum Gasteiger partial charge on any atom is -0.459 e. The number of carbonyl (C=O) groups excluding carboxylic acids is 1. The number of esters is 1. The van der Waals surface area contributed by atoms with Crippen molar-refractivity contribution in [3.05, 3.63) is 52.0 Å². The third-order valence-electron chi connectivity index (χ3n) is 2.93. The minimum atomic E-state index is -0.452. The highest BCUT2D eigenvalue weighted by molar-refractivity contribution is 9.10. The highest BCUT2D eigenvalue weighted by Gasteiger charge is 2.16. The first-order valence-corrected chi connectivity index (χ1v) is 7.70. The molecule has 2 aromatic rings. The molecule has 0 saturated carbocycles. The number of nitrogens with two attached hydrogens (primary N) is 1. The molecule has 5 heteroatoms. The van der Waals surface area contributed by atoms with Gasteiger partial charge in [0.15, 0.2) is 0 Å². The van der Waals surface area contributed by atoms with E-state index in [1.165, 1.54) is 0 Å². The number of hydrogen-bond donors (Lipinski definition) is 1. The summed E-state index contributed by atoms with van der Waals surface area (Å²) in [5.41, 5.74) is 7.46. The van der Waals surface area contributed by atoms with Crippen molar-refractivity contribution < 1.29 is 14.3 Å². The Hall–Kier alpha value is -2.01. The molecule has 0 aromatic heterocycles. The molecule has 0 fully saturated rings. The van der Waals surface area contributed by atoms with E-state index in [0.29, 0.717) is 22.7 Å². The molecule has 4 nitrogen and oxygen atoms in total.